The molecule has 0 spiro atoms. The maximum Gasteiger partial charge on any atom is 0.239 e. The first-order chi connectivity index (χ1) is 10.0. The van der Waals surface area contributed by atoms with Crippen LogP contribution in [0, 0.1) is 0 Å². The van der Waals surface area contributed by atoms with Crippen molar-refractivity contribution in [1.82, 2.24) is 4.98 Å². The molecule has 0 radical (unpaired) electrons. The number of nitrogens with one attached hydrogen (secondary N) is 1. The van der Waals surface area contributed by atoms with Gasteiger partial charge in [0.15, 0.2) is 0 Å². The van der Waals surface area contributed by atoms with Crippen LogP contribution < -0.4 is 10.5 Å². The number of primary sulfonamides is 1. The van der Waals surface area contributed by atoms with E-state index in [2.05, 4.69) is 29.4 Å². The Morgan fingerprint density at radius 2 is 1.90 bits per heavy atom. The number of aromatic nitrogens is 1. The smallest absolute Gasteiger partial charge is 0.239 e. The van der Waals surface area contributed by atoms with Gasteiger partial charge in [-0.25, -0.2) is 18.5 Å². The highest BCUT2D eigenvalue weighted by Gasteiger charge is 2.10. The fraction of sp³-hybridized carbons (Fsp3) is 0.267. The van der Waals surface area contributed by atoms with E-state index in [0.29, 0.717) is 11.7 Å². The number of benzene rings is 1. The number of anilines is 1. The van der Waals surface area contributed by atoms with Crippen molar-refractivity contribution in [3.05, 3.63) is 54.2 Å². The quantitative estimate of drug-likeness (QED) is 0.857. The van der Waals surface area contributed by atoms with Crippen molar-refractivity contribution in [1.29, 1.82) is 0 Å². The third-order valence-electron chi connectivity index (χ3n) is 3.36. The van der Waals surface area contributed by atoms with Gasteiger partial charge in [-0.3, -0.25) is 0 Å². The second-order valence-electron chi connectivity index (χ2n) is 4.82. The van der Waals surface area contributed by atoms with Crippen LogP contribution in [0.3, 0.4) is 0 Å². The average molecular weight is 305 g/mol. The van der Waals surface area contributed by atoms with Crippen molar-refractivity contribution >= 4 is 15.8 Å². The molecule has 0 saturated carbocycles. The van der Waals surface area contributed by atoms with E-state index in [1.54, 1.807) is 6.07 Å². The molecule has 1 atom stereocenters. The van der Waals surface area contributed by atoms with Gasteiger partial charge < -0.3 is 5.32 Å². The summed E-state index contributed by atoms with van der Waals surface area (Å²) in [5.74, 6) is 1.02. The van der Waals surface area contributed by atoms with Crippen LogP contribution in [0.5, 0.6) is 0 Å². The Labute approximate surface area is 125 Å². The fourth-order valence-corrected chi connectivity index (χ4v) is 2.56. The first-order valence-corrected chi connectivity index (χ1v) is 8.33. The van der Waals surface area contributed by atoms with Crippen molar-refractivity contribution in [3.63, 3.8) is 0 Å². The lowest BCUT2D eigenvalue weighted by Gasteiger charge is -2.16. The molecule has 1 aromatic carbocycles. The second-order valence-corrected chi connectivity index (χ2v) is 6.38. The predicted octanol–water partition coefficient (Wildman–Crippen LogP) is 2.33. The standard InChI is InChI=1S/C15H19N3O2S/c1-2-12(13-6-4-3-5-7-13)10-17-15-9-8-14(11-18-15)21(16,19)20/h3-9,11-12H,2,10H2,1H3,(H,17,18)(H2,16,19,20)/t12-/m0/s1. The van der Waals surface area contributed by atoms with Crippen LogP contribution in [-0.2, 0) is 10.0 Å². The van der Waals surface area contributed by atoms with E-state index in [0.717, 1.165) is 13.0 Å². The number of rotatable bonds is 6. The summed E-state index contributed by atoms with van der Waals surface area (Å²) in [7, 11) is -3.69. The van der Waals surface area contributed by atoms with Crippen molar-refractivity contribution in [3.8, 4) is 0 Å². The Morgan fingerprint density at radius 3 is 2.43 bits per heavy atom. The zero-order valence-corrected chi connectivity index (χ0v) is 12.7. The Hall–Kier alpha value is -1.92. The van der Waals surface area contributed by atoms with E-state index in [9.17, 15) is 8.42 Å². The number of nitrogens with two attached hydrogens (primary N) is 1. The molecule has 21 heavy (non-hydrogen) atoms. The first kappa shape index (κ1) is 15.5. The molecular formula is C15H19N3O2S. The summed E-state index contributed by atoms with van der Waals surface area (Å²) in [5, 5.41) is 8.26. The molecule has 0 fully saturated rings. The average Bonchev–Trinajstić information content (AvgIpc) is 2.48. The summed E-state index contributed by atoms with van der Waals surface area (Å²) < 4.78 is 22.3. The SMILES string of the molecule is CC[C@@H](CNc1ccc(S(N)(=O)=O)cn1)c1ccccc1. The summed E-state index contributed by atoms with van der Waals surface area (Å²) in [6.07, 6.45) is 2.27. The maximum atomic E-state index is 11.2. The van der Waals surface area contributed by atoms with Gasteiger partial charge in [0.1, 0.15) is 10.7 Å². The minimum absolute atomic E-state index is 0.0168. The highest BCUT2D eigenvalue weighted by atomic mass is 32.2. The van der Waals surface area contributed by atoms with Gasteiger partial charge in [0, 0.05) is 18.7 Å². The van der Waals surface area contributed by atoms with Gasteiger partial charge in [0.05, 0.1) is 0 Å². The van der Waals surface area contributed by atoms with Gasteiger partial charge in [0.2, 0.25) is 10.0 Å². The molecular weight excluding hydrogens is 286 g/mol. The minimum Gasteiger partial charge on any atom is -0.369 e. The van der Waals surface area contributed by atoms with Crippen LogP contribution in [0.2, 0.25) is 0 Å². The fourth-order valence-electron chi connectivity index (χ4n) is 2.10. The van der Waals surface area contributed by atoms with Crippen LogP contribution in [0.4, 0.5) is 5.82 Å². The minimum atomic E-state index is -3.69. The monoisotopic (exact) mass is 305 g/mol. The molecule has 0 aliphatic carbocycles. The molecule has 1 aromatic heterocycles. The molecule has 0 amide bonds. The van der Waals surface area contributed by atoms with E-state index in [-0.39, 0.29) is 4.90 Å². The lowest BCUT2D eigenvalue weighted by molar-refractivity contribution is 0.597. The van der Waals surface area contributed by atoms with E-state index in [4.69, 9.17) is 5.14 Å². The van der Waals surface area contributed by atoms with Crippen LogP contribution in [0.25, 0.3) is 0 Å². The highest BCUT2D eigenvalue weighted by Crippen LogP contribution is 2.19. The van der Waals surface area contributed by atoms with Gasteiger partial charge >= 0.3 is 0 Å². The molecule has 0 saturated heterocycles. The van der Waals surface area contributed by atoms with Crippen LogP contribution in [0.15, 0.2) is 53.6 Å². The van der Waals surface area contributed by atoms with E-state index in [1.807, 2.05) is 18.2 Å². The summed E-state index contributed by atoms with van der Waals surface area (Å²) in [4.78, 5) is 4.09. The number of pyridine rings is 1. The first-order valence-electron chi connectivity index (χ1n) is 6.78. The van der Waals surface area contributed by atoms with E-state index >= 15 is 0 Å². The molecule has 112 valence electrons. The van der Waals surface area contributed by atoms with Crippen molar-refractivity contribution in [2.75, 3.05) is 11.9 Å². The van der Waals surface area contributed by atoms with Crippen LogP contribution in [-0.4, -0.2) is 19.9 Å². The molecule has 1 heterocycles. The van der Waals surface area contributed by atoms with Crippen LogP contribution in [0.1, 0.15) is 24.8 Å². The number of nitrogens with zero attached hydrogens (tertiary/aromatic N) is 1. The summed E-state index contributed by atoms with van der Waals surface area (Å²) >= 11 is 0. The third kappa shape index (κ3) is 4.27. The van der Waals surface area contributed by atoms with Gasteiger partial charge in [-0.05, 0) is 24.1 Å². The molecule has 6 heteroatoms. The van der Waals surface area contributed by atoms with Crippen molar-refractivity contribution in [2.45, 2.75) is 24.2 Å². The lowest BCUT2D eigenvalue weighted by Crippen LogP contribution is -2.14. The normalized spacial score (nSPS) is 12.9. The zero-order chi connectivity index (χ0) is 15.3. The third-order valence-corrected chi connectivity index (χ3v) is 4.26. The molecule has 0 aliphatic heterocycles. The Kier molecular flexibility index (Phi) is 4.93. The number of hydrogen-bond acceptors (Lipinski definition) is 4. The Balaban J connectivity index is 2.02. The molecule has 3 N–H and O–H groups in total. The van der Waals surface area contributed by atoms with Gasteiger partial charge in [-0.15, -0.1) is 0 Å². The molecule has 2 rings (SSSR count). The predicted molar refractivity (Wildman–Crippen MR) is 83.6 cm³/mol. The molecule has 2 aromatic rings. The van der Waals surface area contributed by atoms with Gasteiger partial charge in [0.25, 0.3) is 0 Å². The van der Waals surface area contributed by atoms with Gasteiger partial charge in [-0.2, -0.15) is 0 Å². The molecule has 5 nitrogen and oxygen atoms in total. The Bertz CT molecular complexity index is 670. The van der Waals surface area contributed by atoms with Crippen LogP contribution >= 0.6 is 0 Å². The highest BCUT2D eigenvalue weighted by molar-refractivity contribution is 7.89. The maximum absolute atomic E-state index is 11.2. The van der Waals surface area contributed by atoms with Crippen molar-refractivity contribution in [2.24, 2.45) is 5.14 Å². The lowest BCUT2D eigenvalue weighted by atomic mass is 9.96. The summed E-state index contributed by atoms with van der Waals surface area (Å²) in [6, 6.07) is 13.3. The van der Waals surface area contributed by atoms with E-state index < -0.39 is 10.0 Å². The zero-order valence-electron chi connectivity index (χ0n) is 11.9. The largest absolute Gasteiger partial charge is 0.369 e. The molecule has 0 bridgehead atoms. The topological polar surface area (TPSA) is 85.1 Å². The molecule has 0 aliphatic rings. The second kappa shape index (κ2) is 6.69. The van der Waals surface area contributed by atoms with Crippen molar-refractivity contribution < 1.29 is 8.42 Å². The van der Waals surface area contributed by atoms with Gasteiger partial charge in [-0.1, -0.05) is 37.3 Å². The molecule has 0 unspecified atom stereocenters. The summed E-state index contributed by atoms with van der Waals surface area (Å²) in [5.41, 5.74) is 1.27. The summed E-state index contributed by atoms with van der Waals surface area (Å²) in [6.45, 7) is 2.87. The van der Waals surface area contributed by atoms with E-state index in [1.165, 1.54) is 17.8 Å². The number of hydrogen-bond donors (Lipinski definition) is 2. The Morgan fingerprint density at radius 1 is 1.19 bits per heavy atom. The number of sulfonamides is 1.